The van der Waals surface area contributed by atoms with Gasteiger partial charge in [-0.2, -0.15) is 14.6 Å². The molecule has 6 nitrogen and oxygen atoms in total. The summed E-state index contributed by atoms with van der Waals surface area (Å²) in [4.78, 5) is 10.7. The van der Waals surface area contributed by atoms with Crippen LogP contribution in [0.5, 0.6) is 0 Å². The first-order chi connectivity index (χ1) is 8.79. The van der Waals surface area contributed by atoms with Crippen molar-refractivity contribution in [1.82, 2.24) is 19.6 Å². The predicted octanol–water partition coefficient (Wildman–Crippen LogP) is 0.784. The van der Waals surface area contributed by atoms with Crippen LogP contribution in [0.2, 0.25) is 0 Å². The molecule has 0 unspecified atom stereocenters. The van der Waals surface area contributed by atoms with Gasteiger partial charge >= 0.3 is 0 Å². The zero-order chi connectivity index (χ0) is 12.5. The SMILES string of the molecule is Cc1cc(N(CCO)C2CCC2)n2ncnc2n1. The molecule has 0 amide bonds. The van der Waals surface area contributed by atoms with Gasteiger partial charge in [-0.25, -0.2) is 4.98 Å². The van der Waals surface area contributed by atoms with E-state index in [1.54, 1.807) is 4.52 Å². The van der Waals surface area contributed by atoms with Crippen molar-refractivity contribution in [2.75, 3.05) is 18.1 Å². The third-order valence-corrected chi connectivity index (χ3v) is 3.51. The highest BCUT2D eigenvalue weighted by molar-refractivity contribution is 5.48. The Hall–Kier alpha value is -1.69. The van der Waals surface area contributed by atoms with E-state index in [1.807, 2.05) is 13.0 Å². The maximum Gasteiger partial charge on any atom is 0.254 e. The Morgan fingerprint density at radius 1 is 1.50 bits per heavy atom. The second-order valence-electron chi connectivity index (χ2n) is 4.73. The van der Waals surface area contributed by atoms with Gasteiger partial charge in [-0.05, 0) is 26.2 Å². The number of hydrogen-bond acceptors (Lipinski definition) is 5. The van der Waals surface area contributed by atoms with Crippen LogP contribution in [-0.4, -0.2) is 43.9 Å². The summed E-state index contributed by atoms with van der Waals surface area (Å²) in [6.07, 6.45) is 5.13. The maximum atomic E-state index is 9.26. The van der Waals surface area contributed by atoms with Gasteiger partial charge in [0.1, 0.15) is 12.1 Å². The molecule has 18 heavy (non-hydrogen) atoms. The fourth-order valence-electron chi connectivity index (χ4n) is 2.41. The number of aliphatic hydroxyl groups excluding tert-OH is 1. The molecular weight excluding hydrogens is 230 g/mol. The van der Waals surface area contributed by atoms with Crippen molar-refractivity contribution in [3.8, 4) is 0 Å². The molecule has 6 heteroatoms. The van der Waals surface area contributed by atoms with Gasteiger partial charge in [-0.1, -0.05) is 0 Å². The minimum absolute atomic E-state index is 0.147. The van der Waals surface area contributed by atoms with Crippen molar-refractivity contribution >= 4 is 11.6 Å². The number of fused-ring (bicyclic) bond motifs is 1. The summed E-state index contributed by atoms with van der Waals surface area (Å²) in [5.41, 5.74) is 0.924. The normalized spacial score (nSPS) is 15.9. The number of aliphatic hydroxyl groups is 1. The topological polar surface area (TPSA) is 66.5 Å². The molecule has 0 aliphatic heterocycles. The van der Waals surface area contributed by atoms with Crippen LogP contribution in [-0.2, 0) is 0 Å². The van der Waals surface area contributed by atoms with E-state index in [0.29, 0.717) is 18.4 Å². The van der Waals surface area contributed by atoms with Crippen LogP contribution in [0.4, 0.5) is 5.82 Å². The first-order valence-electron chi connectivity index (χ1n) is 6.34. The average Bonchev–Trinajstić information content (AvgIpc) is 2.72. The van der Waals surface area contributed by atoms with E-state index >= 15 is 0 Å². The van der Waals surface area contributed by atoms with Crippen LogP contribution < -0.4 is 4.90 Å². The Labute approximate surface area is 105 Å². The van der Waals surface area contributed by atoms with E-state index in [4.69, 9.17) is 0 Å². The monoisotopic (exact) mass is 247 g/mol. The molecule has 1 N–H and O–H groups in total. The van der Waals surface area contributed by atoms with Crippen LogP contribution in [0, 0.1) is 6.92 Å². The van der Waals surface area contributed by atoms with Gasteiger partial charge < -0.3 is 10.0 Å². The van der Waals surface area contributed by atoms with Crippen molar-refractivity contribution in [3.63, 3.8) is 0 Å². The molecule has 0 atom stereocenters. The van der Waals surface area contributed by atoms with Gasteiger partial charge in [-0.15, -0.1) is 0 Å². The molecule has 96 valence electrons. The lowest BCUT2D eigenvalue weighted by Gasteiger charge is -2.38. The van der Waals surface area contributed by atoms with Gasteiger partial charge in [0.05, 0.1) is 6.61 Å². The van der Waals surface area contributed by atoms with Gasteiger partial charge in [-0.3, -0.25) is 0 Å². The second-order valence-corrected chi connectivity index (χ2v) is 4.73. The third kappa shape index (κ3) is 1.82. The Balaban J connectivity index is 2.06. The van der Waals surface area contributed by atoms with Crippen LogP contribution in [0.3, 0.4) is 0 Å². The number of nitrogens with zero attached hydrogens (tertiary/aromatic N) is 5. The molecule has 0 spiro atoms. The molecular formula is C12H17N5O. The Morgan fingerprint density at radius 2 is 2.33 bits per heavy atom. The number of anilines is 1. The van der Waals surface area contributed by atoms with Crippen LogP contribution in [0.15, 0.2) is 12.4 Å². The molecule has 0 radical (unpaired) electrons. The molecule has 0 bridgehead atoms. The first-order valence-corrected chi connectivity index (χ1v) is 6.34. The minimum atomic E-state index is 0.147. The summed E-state index contributed by atoms with van der Waals surface area (Å²) in [6.45, 7) is 2.73. The fourth-order valence-corrected chi connectivity index (χ4v) is 2.41. The van der Waals surface area contributed by atoms with Crippen molar-refractivity contribution in [3.05, 3.63) is 18.1 Å². The van der Waals surface area contributed by atoms with E-state index in [-0.39, 0.29) is 6.61 Å². The quantitative estimate of drug-likeness (QED) is 0.865. The van der Waals surface area contributed by atoms with E-state index in [9.17, 15) is 5.11 Å². The largest absolute Gasteiger partial charge is 0.395 e. The first kappa shape index (κ1) is 11.4. The lowest BCUT2D eigenvalue weighted by molar-refractivity contribution is 0.282. The summed E-state index contributed by atoms with van der Waals surface area (Å²) < 4.78 is 1.75. The highest BCUT2D eigenvalue weighted by atomic mass is 16.3. The van der Waals surface area contributed by atoms with Crippen LogP contribution >= 0.6 is 0 Å². The fraction of sp³-hybridized carbons (Fsp3) is 0.583. The second kappa shape index (κ2) is 4.53. The summed E-state index contributed by atoms with van der Waals surface area (Å²) in [7, 11) is 0. The molecule has 1 fully saturated rings. The van der Waals surface area contributed by atoms with Gasteiger partial charge in [0.25, 0.3) is 5.78 Å². The summed E-state index contributed by atoms with van der Waals surface area (Å²) in [5, 5.41) is 13.5. The number of rotatable bonds is 4. The van der Waals surface area contributed by atoms with E-state index in [2.05, 4.69) is 20.0 Å². The van der Waals surface area contributed by atoms with Gasteiger partial charge in [0.2, 0.25) is 0 Å². The van der Waals surface area contributed by atoms with Crippen molar-refractivity contribution in [2.45, 2.75) is 32.2 Å². The Kier molecular flexibility index (Phi) is 2.87. The van der Waals surface area contributed by atoms with Crippen molar-refractivity contribution in [2.24, 2.45) is 0 Å². The lowest BCUT2D eigenvalue weighted by atomic mass is 9.91. The highest BCUT2D eigenvalue weighted by Crippen LogP contribution is 2.29. The molecule has 2 aromatic heterocycles. The zero-order valence-corrected chi connectivity index (χ0v) is 10.5. The van der Waals surface area contributed by atoms with Gasteiger partial charge in [0.15, 0.2) is 0 Å². The molecule has 0 saturated heterocycles. The minimum Gasteiger partial charge on any atom is -0.395 e. The summed E-state index contributed by atoms with van der Waals surface area (Å²) in [6, 6.07) is 2.52. The van der Waals surface area contributed by atoms with E-state index < -0.39 is 0 Å². The Bertz CT molecular complexity index is 548. The molecule has 2 aromatic rings. The average molecular weight is 247 g/mol. The molecule has 1 saturated carbocycles. The standard InChI is InChI=1S/C12H17N5O/c1-9-7-11(17-12(15-9)13-8-14-17)16(5-6-18)10-3-2-4-10/h7-8,10,18H,2-6H2,1H3. The van der Waals surface area contributed by atoms with Crippen LogP contribution in [0.25, 0.3) is 5.78 Å². The summed E-state index contributed by atoms with van der Waals surface area (Å²) in [5.74, 6) is 1.60. The third-order valence-electron chi connectivity index (χ3n) is 3.51. The van der Waals surface area contributed by atoms with Crippen LogP contribution in [0.1, 0.15) is 25.0 Å². The Morgan fingerprint density at radius 3 is 3.00 bits per heavy atom. The lowest BCUT2D eigenvalue weighted by Crippen LogP contribution is -2.43. The molecule has 0 aromatic carbocycles. The highest BCUT2D eigenvalue weighted by Gasteiger charge is 2.26. The molecule has 1 aliphatic rings. The number of hydrogen-bond donors (Lipinski definition) is 1. The van der Waals surface area contributed by atoms with Gasteiger partial charge in [0, 0.05) is 24.3 Å². The van der Waals surface area contributed by atoms with Crippen molar-refractivity contribution in [1.29, 1.82) is 0 Å². The molecule has 2 heterocycles. The maximum absolute atomic E-state index is 9.26. The van der Waals surface area contributed by atoms with Crippen molar-refractivity contribution < 1.29 is 5.11 Å². The number of aromatic nitrogens is 4. The zero-order valence-electron chi connectivity index (χ0n) is 10.5. The summed E-state index contributed by atoms with van der Waals surface area (Å²) >= 11 is 0. The predicted molar refractivity (Wildman–Crippen MR) is 67.6 cm³/mol. The molecule has 1 aliphatic carbocycles. The van der Waals surface area contributed by atoms with E-state index in [0.717, 1.165) is 11.5 Å². The molecule has 3 rings (SSSR count). The van der Waals surface area contributed by atoms with E-state index in [1.165, 1.54) is 25.6 Å². The smallest absolute Gasteiger partial charge is 0.254 e. The number of aryl methyl sites for hydroxylation is 1.